The molecule has 2 rings (SSSR count). The second-order valence-corrected chi connectivity index (χ2v) is 8.78. The molecule has 0 amide bonds. The SMILES string of the molecule is CC(C)(C)OC1CC(C(=O)OC(=O)C2CC(OC(C)(C)C)C2)C1. The Morgan fingerprint density at radius 1 is 0.696 bits per heavy atom. The summed E-state index contributed by atoms with van der Waals surface area (Å²) in [6.07, 6.45) is 2.76. The fourth-order valence-electron chi connectivity index (χ4n) is 2.97. The van der Waals surface area contributed by atoms with E-state index in [2.05, 4.69) is 0 Å². The first kappa shape index (κ1) is 18.4. The van der Waals surface area contributed by atoms with E-state index in [1.165, 1.54) is 0 Å². The van der Waals surface area contributed by atoms with Crippen LogP contribution in [0.4, 0.5) is 0 Å². The van der Waals surface area contributed by atoms with E-state index in [9.17, 15) is 9.59 Å². The van der Waals surface area contributed by atoms with Crippen molar-refractivity contribution in [2.75, 3.05) is 0 Å². The summed E-state index contributed by atoms with van der Waals surface area (Å²) in [5, 5.41) is 0. The Morgan fingerprint density at radius 2 is 1.00 bits per heavy atom. The van der Waals surface area contributed by atoms with Gasteiger partial charge in [-0.25, -0.2) is 0 Å². The molecule has 0 aromatic heterocycles. The minimum atomic E-state index is -0.399. The lowest BCUT2D eigenvalue weighted by Crippen LogP contribution is -2.44. The van der Waals surface area contributed by atoms with E-state index < -0.39 is 11.9 Å². The molecule has 0 heterocycles. The average Bonchev–Trinajstić information content (AvgIpc) is 2.24. The lowest BCUT2D eigenvalue weighted by atomic mass is 9.81. The molecule has 0 unspecified atom stereocenters. The Hall–Kier alpha value is -0.940. The highest BCUT2D eigenvalue weighted by molar-refractivity contribution is 5.88. The zero-order valence-corrected chi connectivity index (χ0v) is 15.2. The van der Waals surface area contributed by atoms with Gasteiger partial charge in [0.25, 0.3) is 0 Å². The highest BCUT2D eigenvalue weighted by Gasteiger charge is 2.42. The fraction of sp³-hybridized carbons (Fsp3) is 0.889. The summed E-state index contributed by atoms with van der Waals surface area (Å²) in [5.74, 6) is -1.20. The normalized spacial score (nSPS) is 31.0. The van der Waals surface area contributed by atoms with Crippen LogP contribution in [0.2, 0.25) is 0 Å². The topological polar surface area (TPSA) is 61.8 Å². The number of esters is 2. The van der Waals surface area contributed by atoms with Gasteiger partial charge < -0.3 is 14.2 Å². The Morgan fingerprint density at radius 3 is 1.26 bits per heavy atom. The van der Waals surface area contributed by atoms with Crippen molar-refractivity contribution in [3.63, 3.8) is 0 Å². The van der Waals surface area contributed by atoms with Crippen molar-refractivity contribution in [3.8, 4) is 0 Å². The first-order chi connectivity index (χ1) is 10.4. The second kappa shape index (κ2) is 6.52. The molecule has 132 valence electrons. The van der Waals surface area contributed by atoms with Crippen LogP contribution in [0.15, 0.2) is 0 Å². The van der Waals surface area contributed by atoms with Crippen LogP contribution in [0, 0.1) is 11.8 Å². The third-order valence-electron chi connectivity index (χ3n) is 4.10. The van der Waals surface area contributed by atoms with Gasteiger partial charge in [-0.3, -0.25) is 9.59 Å². The van der Waals surface area contributed by atoms with Gasteiger partial charge in [-0.1, -0.05) is 0 Å². The Bertz CT molecular complexity index is 403. The monoisotopic (exact) mass is 326 g/mol. The number of hydrogen-bond donors (Lipinski definition) is 0. The number of rotatable bonds is 4. The van der Waals surface area contributed by atoms with Crippen LogP contribution in [0.3, 0.4) is 0 Å². The van der Waals surface area contributed by atoms with E-state index in [0.717, 1.165) is 0 Å². The van der Waals surface area contributed by atoms with Crippen LogP contribution in [-0.2, 0) is 23.8 Å². The van der Waals surface area contributed by atoms with Crippen molar-refractivity contribution in [1.29, 1.82) is 0 Å². The number of carbonyl (C=O) groups is 2. The van der Waals surface area contributed by atoms with E-state index in [1.54, 1.807) is 0 Å². The van der Waals surface area contributed by atoms with Crippen molar-refractivity contribution < 1.29 is 23.8 Å². The van der Waals surface area contributed by atoms with Crippen LogP contribution in [0.1, 0.15) is 67.2 Å². The van der Waals surface area contributed by atoms with E-state index in [1.807, 2.05) is 41.5 Å². The molecule has 0 N–H and O–H groups in total. The molecule has 2 aliphatic rings. The molecule has 0 atom stereocenters. The summed E-state index contributed by atoms with van der Waals surface area (Å²) in [6, 6.07) is 0. The van der Waals surface area contributed by atoms with E-state index >= 15 is 0 Å². The van der Waals surface area contributed by atoms with Crippen molar-refractivity contribution in [2.24, 2.45) is 11.8 Å². The Labute approximate surface area is 139 Å². The molecule has 2 saturated carbocycles. The zero-order chi connectivity index (χ0) is 17.4. The van der Waals surface area contributed by atoms with Crippen LogP contribution < -0.4 is 0 Å². The van der Waals surface area contributed by atoms with Crippen molar-refractivity contribution in [1.82, 2.24) is 0 Å². The average molecular weight is 326 g/mol. The molecule has 0 aliphatic heterocycles. The maximum atomic E-state index is 12.0. The van der Waals surface area contributed by atoms with Crippen LogP contribution >= 0.6 is 0 Å². The molecular weight excluding hydrogens is 296 g/mol. The van der Waals surface area contributed by atoms with Gasteiger partial charge in [0, 0.05) is 0 Å². The van der Waals surface area contributed by atoms with Gasteiger partial charge in [-0.05, 0) is 67.2 Å². The smallest absolute Gasteiger partial charge is 0.316 e. The molecular formula is C18H30O5. The first-order valence-electron chi connectivity index (χ1n) is 8.54. The van der Waals surface area contributed by atoms with Gasteiger partial charge >= 0.3 is 11.9 Å². The summed E-state index contributed by atoms with van der Waals surface area (Å²) in [5.41, 5.74) is -0.410. The minimum Gasteiger partial charge on any atom is -0.393 e. The lowest BCUT2D eigenvalue weighted by Gasteiger charge is -2.39. The second-order valence-electron chi connectivity index (χ2n) is 8.78. The minimum absolute atomic E-state index is 0.0934. The van der Waals surface area contributed by atoms with Gasteiger partial charge in [-0.2, -0.15) is 0 Å². The quantitative estimate of drug-likeness (QED) is 0.586. The molecule has 23 heavy (non-hydrogen) atoms. The molecule has 0 aromatic rings. The van der Waals surface area contributed by atoms with Gasteiger partial charge in [-0.15, -0.1) is 0 Å². The number of carbonyl (C=O) groups excluding carboxylic acids is 2. The van der Waals surface area contributed by atoms with Crippen LogP contribution in [0.25, 0.3) is 0 Å². The molecule has 0 spiro atoms. The van der Waals surface area contributed by atoms with Gasteiger partial charge in [0.05, 0.1) is 35.2 Å². The van der Waals surface area contributed by atoms with Crippen molar-refractivity contribution >= 4 is 11.9 Å². The number of ether oxygens (including phenoxy) is 3. The summed E-state index contributed by atoms with van der Waals surface area (Å²) in [4.78, 5) is 23.9. The van der Waals surface area contributed by atoms with E-state index in [-0.39, 0.29) is 35.2 Å². The Kier molecular flexibility index (Phi) is 5.21. The summed E-state index contributed by atoms with van der Waals surface area (Å²) >= 11 is 0. The van der Waals surface area contributed by atoms with Crippen molar-refractivity contribution in [3.05, 3.63) is 0 Å². The van der Waals surface area contributed by atoms with Crippen molar-refractivity contribution in [2.45, 2.75) is 90.6 Å². The standard InChI is InChI=1S/C18H30O5/c1-17(2,3)22-13-7-11(8-13)15(19)21-16(20)12-9-14(10-12)23-18(4,5)6/h11-14H,7-10H2,1-6H3. The summed E-state index contributed by atoms with van der Waals surface area (Å²) < 4.78 is 16.6. The molecule has 2 fully saturated rings. The van der Waals surface area contributed by atoms with E-state index in [4.69, 9.17) is 14.2 Å². The molecule has 0 radical (unpaired) electrons. The predicted octanol–water partition coefficient (Wildman–Crippen LogP) is 3.24. The lowest BCUT2D eigenvalue weighted by molar-refractivity contribution is -0.182. The molecule has 0 aromatic carbocycles. The summed E-state index contributed by atoms with van der Waals surface area (Å²) in [6.45, 7) is 12.0. The van der Waals surface area contributed by atoms with Crippen LogP contribution in [0.5, 0.6) is 0 Å². The Balaban J connectivity index is 1.65. The van der Waals surface area contributed by atoms with Gasteiger partial charge in [0.2, 0.25) is 0 Å². The fourth-order valence-corrected chi connectivity index (χ4v) is 2.97. The van der Waals surface area contributed by atoms with E-state index in [0.29, 0.717) is 25.7 Å². The molecule has 0 saturated heterocycles. The number of hydrogen-bond acceptors (Lipinski definition) is 5. The maximum absolute atomic E-state index is 12.0. The third-order valence-corrected chi connectivity index (χ3v) is 4.10. The molecule has 0 bridgehead atoms. The highest BCUT2D eigenvalue weighted by Crippen LogP contribution is 2.36. The van der Waals surface area contributed by atoms with Gasteiger partial charge in [0.15, 0.2) is 0 Å². The molecule has 5 heteroatoms. The first-order valence-corrected chi connectivity index (χ1v) is 8.54. The van der Waals surface area contributed by atoms with Gasteiger partial charge in [0.1, 0.15) is 0 Å². The summed E-state index contributed by atoms with van der Waals surface area (Å²) in [7, 11) is 0. The maximum Gasteiger partial charge on any atom is 0.316 e. The highest BCUT2D eigenvalue weighted by atomic mass is 16.6. The van der Waals surface area contributed by atoms with Crippen LogP contribution in [-0.4, -0.2) is 35.3 Å². The predicted molar refractivity (Wildman–Crippen MR) is 85.8 cm³/mol. The largest absolute Gasteiger partial charge is 0.393 e. The molecule has 2 aliphatic carbocycles. The third kappa shape index (κ3) is 5.57. The molecule has 5 nitrogen and oxygen atoms in total. The zero-order valence-electron chi connectivity index (χ0n) is 15.2.